The molecule has 2 atom stereocenters. The topological polar surface area (TPSA) is 75.9 Å². The number of likely N-dealkylation sites (tertiary alicyclic amines) is 1. The fourth-order valence-corrected chi connectivity index (χ4v) is 2.79. The van der Waals surface area contributed by atoms with E-state index in [0.717, 1.165) is 6.42 Å². The van der Waals surface area contributed by atoms with Gasteiger partial charge in [-0.3, -0.25) is 9.59 Å². The highest BCUT2D eigenvalue weighted by atomic mass is 35.5. The van der Waals surface area contributed by atoms with Crippen LogP contribution in [0.1, 0.15) is 23.7 Å². The molecule has 6 nitrogen and oxygen atoms in total. The number of likely N-dealkylation sites (N-methyl/N-ethyl adjacent to an activating group) is 1. The molecule has 1 aliphatic rings. The molecule has 2 N–H and O–H groups in total. The molecule has 0 aromatic heterocycles. The summed E-state index contributed by atoms with van der Waals surface area (Å²) in [5.74, 6) is 0.569. The van der Waals surface area contributed by atoms with Crippen molar-refractivity contribution < 1.29 is 14.3 Å². The van der Waals surface area contributed by atoms with E-state index < -0.39 is 0 Å². The Morgan fingerprint density at radius 1 is 1.33 bits per heavy atom. The Balaban J connectivity index is 0.00000288. The van der Waals surface area contributed by atoms with Gasteiger partial charge in [0.25, 0.3) is 11.8 Å². The third-order valence-corrected chi connectivity index (χ3v) is 4.22. The quantitative estimate of drug-likeness (QED) is 0.865. The average molecular weight is 356 g/mol. The first-order chi connectivity index (χ1) is 10.9. The van der Waals surface area contributed by atoms with Crippen LogP contribution in [0.4, 0.5) is 0 Å². The fraction of sp³-hybridized carbons (Fsp3) is 0.529. The molecule has 134 valence electrons. The maximum absolute atomic E-state index is 12.8. The number of rotatable bonds is 5. The van der Waals surface area contributed by atoms with Crippen LogP contribution in [0.25, 0.3) is 0 Å². The number of ether oxygens (including phenoxy) is 1. The third kappa shape index (κ3) is 4.61. The van der Waals surface area contributed by atoms with Crippen molar-refractivity contribution in [3.05, 3.63) is 29.8 Å². The summed E-state index contributed by atoms with van der Waals surface area (Å²) in [6, 6.07) is 7.21. The van der Waals surface area contributed by atoms with Crippen molar-refractivity contribution in [1.82, 2.24) is 9.80 Å². The van der Waals surface area contributed by atoms with Crippen molar-refractivity contribution in [3.63, 3.8) is 0 Å². The molecule has 1 aromatic rings. The highest BCUT2D eigenvalue weighted by Crippen LogP contribution is 2.27. The van der Waals surface area contributed by atoms with Crippen LogP contribution in [-0.4, -0.2) is 61.4 Å². The lowest BCUT2D eigenvalue weighted by Gasteiger charge is -2.23. The van der Waals surface area contributed by atoms with Gasteiger partial charge in [0.1, 0.15) is 5.75 Å². The maximum atomic E-state index is 12.8. The SMILES string of the molecule is CC1CC(CN)CN1C(=O)c1ccccc1OCC(=O)N(C)C.Cl. The Hall–Kier alpha value is -1.79. The summed E-state index contributed by atoms with van der Waals surface area (Å²) in [7, 11) is 3.34. The monoisotopic (exact) mass is 355 g/mol. The molecule has 1 aliphatic heterocycles. The molecule has 1 aromatic carbocycles. The minimum atomic E-state index is -0.148. The van der Waals surface area contributed by atoms with E-state index >= 15 is 0 Å². The second-order valence-electron chi connectivity index (χ2n) is 6.22. The standard InChI is InChI=1S/C17H25N3O3.ClH/c1-12-8-13(9-18)10-20(12)17(22)14-6-4-5-7-15(14)23-11-16(21)19(2)3;/h4-7,12-13H,8-11,18H2,1-3H3;1H. The van der Waals surface area contributed by atoms with E-state index in [0.29, 0.717) is 30.3 Å². The van der Waals surface area contributed by atoms with Gasteiger partial charge in [0.2, 0.25) is 0 Å². The van der Waals surface area contributed by atoms with E-state index in [1.165, 1.54) is 4.90 Å². The molecule has 1 fully saturated rings. The van der Waals surface area contributed by atoms with Gasteiger partial charge >= 0.3 is 0 Å². The van der Waals surface area contributed by atoms with E-state index in [1.54, 1.807) is 38.4 Å². The van der Waals surface area contributed by atoms with Crippen molar-refractivity contribution in [2.24, 2.45) is 11.7 Å². The normalized spacial score (nSPS) is 19.6. The number of hydrogen-bond acceptors (Lipinski definition) is 4. The molecule has 1 saturated heterocycles. The summed E-state index contributed by atoms with van der Waals surface area (Å²) in [6.45, 7) is 3.20. The predicted molar refractivity (Wildman–Crippen MR) is 95.5 cm³/mol. The Kier molecular flexibility index (Phi) is 7.51. The minimum Gasteiger partial charge on any atom is -0.483 e. The number of carbonyl (C=O) groups is 2. The van der Waals surface area contributed by atoms with Gasteiger partial charge < -0.3 is 20.3 Å². The highest BCUT2D eigenvalue weighted by molar-refractivity contribution is 5.97. The number of benzene rings is 1. The molecule has 1 heterocycles. The zero-order chi connectivity index (χ0) is 17.0. The van der Waals surface area contributed by atoms with Gasteiger partial charge in [-0.2, -0.15) is 0 Å². The highest BCUT2D eigenvalue weighted by Gasteiger charge is 2.33. The first-order valence-electron chi connectivity index (χ1n) is 7.87. The van der Waals surface area contributed by atoms with Crippen molar-refractivity contribution in [2.75, 3.05) is 33.8 Å². The number of nitrogens with zero attached hydrogens (tertiary/aromatic N) is 2. The predicted octanol–water partition coefficient (Wildman–Crippen LogP) is 1.38. The number of para-hydroxylation sites is 1. The van der Waals surface area contributed by atoms with Gasteiger partial charge in [-0.15, -0.1) is 12.4 Å². The Labute approximate surface area is 149 Å². The zero-order valence-electron chi connectivity index (χ0n) is 14.4. The number of nitrogens with two attached hydrogens (primary N) is 1. The minimum absolute atomic E-state index is 0. The lowest BCUT2D eigenvalue weighted by molar-refractivity contribution is -0.130. The van der Waals surface area contributed by atoms with Crippen LogP contribution in [0.15, 0.2) is 24.3 Å². The van der Waals surface area contributed by atoms with Crippen molar-refractivity contribution >= 4 is 24.2 Å². The number of amides is 2. The Bertz CT molecular complexity index is 580. The lowest BCUT2D eigenvalue weighted by atomic mass is 10.1. The molecule has 2 unspecified atom stereocenters. The van der Waals surface area contributed by atoms with Gasteiger partial charge in [0.15, 0.2) is 6.61 Å². The number of halogens is 1. The molecule has 0 radical (unpaired) electrons. The second kappa shape index (κ2) is 8.89. The van der Waals surface area contributed by atoms with Crippen LogP contribution in [-0.2, 0) is 4.79 Å². The lowest BCUT2D eigenvalue weighted by Crippen LogP contribution is -2.35. The third-order valence-electron chi connectivity index (χ3n) is 4.22. The summed E-state index contributed by atoms with van der Waals surface area (Å²) < 4.78 is 5.57. The fourth-order valence-electron chi connectivity index (χ4n) is 2.79. The van der Waals surface area contributed by atoms with Crippen LogP contribution >= 0.6 is 12.4 Å². The largest absolute Gasteiger partial charge is 0.483 e. The first kappa shape index (κ1) is 20.3. The number of carbonyl (C=O) groups excluding carboxylic acids is 2. The molecular formula is C17H26ClN3O3. The van der Waals surface area contributed by atoms with Crippen molar-refractivity contribution in [2.45, 2.75) is 19.4 Å². The van der Waals surface area contributed by atoms with E-state index in [4.69, 9.17) is 10.5 Å². The summed E-state index contributed by atoms with van der Waals surface area (Å²) in [5.41, 5.74) is 6.22. The van der Waals surface area contributed by atoms with Crippen LogP contribution in [0.5, 0.6) is 5.75 Å². The van der Waals surface area contributed by atoms with Gasteiger partial charge in [-0.25, -0.2) is 0 Å². The van der Waals surface area contributed by atoms with E-state index in [2.05, 4.69) is 0 Å². The first-order valence-corrected chi connectivity index (χ1v) is 7.87. The molecule has 0 bridgehead atoms. The molecule has 0 aliphatic carbocycles. The summed E-state index contributed by atoms with van der Waals surface area (Å²) >= 11 is 0. The average Bonchev–Trinajstić information content (AvgIpc) is 2.93. The van der Waals surface area contributed by atoms with Gasteiger partial charge in [0.05, 0.1) is 5.56 Å². The maximum Gasteiger partial charge on any atom is 0.259 e. The zero-order valence-corrected chi connectivity index (χ0v) is 15.2. The van der Waals surface area contributed by atoms with Gasteiger partial charge in [-0.1, -0.05) is 12.1 Å². The summed E-state index contributed by atoms with van der Waals surface area (Å²) in [4.78, 5) is 27.8. The molecule has 2 amide bonds. The Morgan fingerprint density at radius 3 is 2.58 bits per heavy atom. The van der Waals surface area contributed by atoms with E-state index in [1.807, 2.05) is 11.8 Å². The van der Waals surface area contributed by atoms with Crippen molar-refractivity contribution in [3.8, 4) is 5.75 Å². The van der Waals surface area contributed by atoms with Gasteiger partial charge in [0, 0.05) is 26.7 Å². The molecule has 0 saturated carbocycles. The number of hydrogen-bond donors (Lipinski definition) is 1. The van der Waals surface area contributed by atoms with Crippen LogP contribution in [0.3, 0.4) is 0 Å². The van der Waals surface area contributed by atoms with Crippen LogP contribution in [0, 0.1) is 5.92 Å². The van der Waals surface area contributed by atoms with E-state index in [9.17, 15) is 9.59 Å². The smallest absolute Gasteiger partial charge is 0.259 e. The van der Waals surface area contributed by atoms with Crippen LogP contribution < -0.4 is 10.5 Å². The van der Waals surface area contributed by atoms with Crippen LogP contribution in [0.2, 0.25) is 0 Å². The Morgan fingerprint density at radius 2 is 2.00 bits per heavy atom. The molecule has 24 heavy (non-hydrogen) atoms. The van der Waals surface area contributed by atoms with Crippen molar-refractivity contribution in [1.29, 1.82) is 0 Å². The molecule has 0 spiro atoms. The van der Waals surface area contributed by atoms with E-state index in [-0.39, 0.29) is 36.9 Å². The summed E-state index contributed by atoms with van der Waals surface area (Å²) in [6.07, 6.45) is 0.921. The second-order valence-corrected chi connectivity index (χ2v) is 6.22. The molecular weight excluding hydrogens is 330 g/mol. The molecule has 7 heteroatoms. The van der Waals surface area contributed by atoms with Gasteiger partial charge in [-0.05, 0) is 37.9 Å². The molecule has 2 rings (SSSR count). The summed E-state index contributed by atoms with van der Waals surface area (Å²) in [5, 5.41) is 0.